The predicted octanol–water partition coefficient (Wildman–Crippen LogP) is 4.17. The molecule has 7 heteroatoms. The van der Waals surface area contributed by atoms with Gasteiger partial charge in [0.25, 0.3) is 0 Å². The van der Waals surface area contributed by atoms with Gasteiger partial charge in [-0.2, -0.15) is 20.7 Å². The first-order valence-corrected chi connectivity index (χ1v) is 9.39. The van der Waals surface area contributed by atoms with Crippen LogP contribution < -0.4 is 0 Å². The number of hydrogen-bond donors (Lipinski definition) is 0. The van der Waals surface area contributed by atoms with E-state index in [0.717, 1.165) is 42.3 Å². The Labute approximate surface area is 161 Å². The van der Waals surface area contributed by atoms with E-state index in [-0.39, 0.29) is 16.9 Å². The molecule has 0 radical (unpaired) electrons. The zero-order valence-corrected chi connectivity index (χ0v) is 15.4. The Morgan fingerprint density at radius 3 is 2.78 bits per heavy atom. The Balaban J connectivity index is 1.49. The van der Waals surface area contributed by atoms with Gasteiger partial charge in [-0.05, 0) is 43.2 Å². The molecule has 0 N–H and O–H groups in total. The molecule has 0 aliphatic heterocycles. The van der Waals surface area contributed by atoms with Gasteiger partial charge in [-0.15, -0.1) is 0 Å². The highest BCUT2D eigenvalue weighted by Gasteiger charge is 2.61. The van der Waals surface area contributed by atoms with Gasteiger partial charge in [0.1, 0.15) is 0 Å². The molecule has 0 amide bonds. The maximum Gasteiger partial charge on any atom is 0.0767 e. The molecule has 27 heavy (non-hydrogen) atoms. The third kappa shape index (κ3) is 2.37. The second kappa shape index (κ2) is 5.58. The second-order valence-electron chi connectivity index (χ2n) is 8.05. The third-order valence-corrected chi connectivity index (χ3v) is 6.42. The Morgan fingerprint density at radius 1 is 1.22 bits per heavy atom. The Bertz CT molecular complexity index is 1110. The smallest absolute Gasteiger partial charge is 0.0767 e. The third-order valence-electron chi connectivity index (χ3n) is 6.21. The number of hydrogen-bond acceptors (Lipinski definition) is 4. The Kier molecular flexibility index (Phi) is 3.38. The van der Waals surface area contributed by atoms with Crippen molar-refractivity contribution in [3.63, 3.8) is 0 Å². The topological polar surface area (TPSA) is 82.7 Å². The van der Waals surface area contributed by atoms with Crippen LogP contribution in [0.5, 0.6) is 0 Å². The number of rotatable bonds is 3. The molecule has 1 spiro atoms. The van der Waals surface area contributed by atoms with Crippen molar-refractivity contribution < 1.29 is 0 Å². The van der Waals surface area contributed by atoms with Crippen molar-refractivity contribution in [3.8, 4) is 23.3 Å². The molecule has 2 fully saturated rings. The molecule has 3 heterocycles. The maximum absolute atomic E-state index is 9.39. The van der Waals surface area contributed by atoms with Crippen molar-refractivity contribution in [1.82, 2.24) is 19.4 Å². The molecule has 0 aromatic carbocycles. The van der Waals surface area contributed by atoms with Crippen LogP contribution in [0.15, 0.2) is 36.9 Å². The van der Waals surface area contributed by atoms with Crippen LogP contribution in [0, 0.1) is 34.0 Å². The van der Waals surface area contributed by atoms with Gasteiger partial charge in [-0.3, -0.25) is 4.68 Å². The fourth-order valence-corrected chi connectivity index (χ4v) is 5.38. The minimum Gasteiger partial charge on any atom is -0.265 e. The standard InChI is InChI=1S/C20H17ClN6/c21-16-5-17(18-1-4-24-26(18)11-16)15-9-25-27(10-15)20(2-3-22)12-19(13-20)6-14(7-19)8-23/h1,4-5,9-11,14H,2,6-7,12-13H2. The van der Waals surface area contributed by atoms with Crippen molar-refractivity contribution in [1.29, 1.82) is 10.5 Å². The van der Waals surface area contributed by atoms with Crippen LogP contribution in [-0.4, -0.2) is 19.4 Å². The van der Waals surface area contributed by atoms with Gasteiger partial charge < -0.3 is 0 Å². The van der Waals surface area contributed by atoms with E-state index in [9.17, 15) is 5.26 Å². The van der Waals surface area contributed by atoms with Crippen molar-refractivity contribution >= 4 is 17.1 Å². The van der Waals surface area contributed by atoms with E-state index in [1.807, 2.05) is 29.2 Å². The SMILES string of the molecule is N#CCC1(n2cc(-c3cc(Cl)cn4nccc34)cn2)CC2(CC(C#N)C2)C1. The lowest BCUT2D eigenvalue weighted by Crippen LogP contribution is -2.58. The summed E-state index contributed by atoms with van der Waals surface area (Å²) in [5.41, 5.74) is 2.88. The molecular weight excluding hydrogens is 360 g/mol. The molecule has 3 aromatic rings. The minimum absolute atomic E-state index is 0.180. The van der Waals surface area contributed by atoms with Crippen molar-refractivity contribution in [2.75, 3.05) is 0 Å². The van der Waals surface area contributed by atoms with Crippen LogP contribution in [0.2, 0.25) is 5.02 Å². The van der Waals surface area contributed by atoms with Gasteiger partial charge in [-0.1, -0.05) is 11.6 Å². The highest BCUT2D eigenvalue weighted by Crippen LogP contribution is 2.66. The van der Waals surface area contributed by atoms with Crippen LogP contribution in [0.4, 0.5) is 0 Å². The number of pyridine rings is 1. The maximum atomic E-state index is 9.39. The zero-order valence-electron chi connectivity index (χ0n) is 14.6. The van der Waals surface area contributed by atoms with E-state index in [1.165, 1.54) is 0 Å². The molecule has 0 unspecified atom stereocenters. The molecule has 134 valence electrons. The number of halogens is 1. The first-order valence-electron chi connectivity index (χ1n) is 9.02. The number of nitriles is 2. The van der Waals surface area contributed by atoms with E-state index >= 15 is 0 Å². The molecule has 3 aromatic heterocycles. The average Bonchev–Trinajstić information content (AvgIpc) is 3.24. The molecule has 0 saturated heterocycles. The van der Waals surface area contributed by atoms with E-state index < -0.39 is 0 Å². The lowest BCUT2D eigenvalue weighted by molar-refractivity contribution is -0.108. The first kappa shape index (κ1) is 16.4. The van der Waals surface area contributed by atoms with Gasteiger partial charge in [0, 0.05) is 29.4 Å². The molecular formula is C20H17ClN6. The summed E-state index contributed by atoms with van der Waals surface area (Å²) in [7, 11) is 0. The van der Waals surface area contributed by atoms with Crippen LogP contribution in [-0.2, 0) is 5.54 Å². The monoisotopic (exact) mass is 376 g/mol. The molecule has 2 aliphatic carbocycles. The summed E-state index contributed by atoms with van der Waals surface area (Å²) in [6, 6.07) is 8.57. The first-order chi connectivity index (χ1) is 13.1. The fraction of sp³-hybridized carbons (Fsp3) is 0.400. The van der Waals surface area contributed by atoms with E-state index in [1.54, 1.807) is 16.9 Å². The summed E-state index contributed by atoms with van der Waals surface area (Å²) in [5, 5.41) is 28.0. The predicted molar refractivity (Wildman–Crippen MR) is 99.6 cm³/mol. The summed E-state index contributed by atoms with van der Waals surface area (Å²) >= 11 is 6.25. The highest BCUT2D eigenvalue weighted by atomic mass is 35.5. The van der Waals surface area contributed by atoms with E-state index in [0.29, 0.717) is 11.4 Å². The van der Waals surface area contributed by atoms with Gasteiger partial charge in [-0.25, -0.2) is 4.52 Å². The van der Waals surface area contributed by atoms with Crippen LogP contribution in [0.3, 0.4) is 0 Å². The second-order valence-corrected chi connectivity index (χ2v) is 8.49. The normalized spacial score (nSPS) is 29.1. The van der Waals surface area contributed by atoms with Crippen molar-refractivity contribution in [2.45, 2.75) is 37.6 Å². The molecule has 5 rings (SSSR count). The average molecular weight is 377 g/mol. The molecule has 6 nitrogen and oxygen atoms in total. The number of fused-ring (bicyclic) bond motifs is 1. The Morgan fingerprint density at radius 2 is 2.04 bits per heavy atom. The van der Waals surface area contributed by atoms with Crippen molar-refractivity contribution in [2.24, 2.45) is 11.3 Å². The summed E-state index contributed by atoms with van der Waals surface area (Å²) in [4.78, 5) is 0. The largest absolute Gasteiger partial charge is 0.265 e. The van der Waals surface area contributed by atoms with Crippen molar-refractivity contribution in [3.05, 3.63) is 41.9 Å². The van der Waals surface area contributed by atoms with Gasteiger partial charge in [0.05, 0.1) is 47.0 Å². The van der Waals surface area contributed by atoms with E-state index in [4.69, 9.17) is 16.9 Å². The lowest BCUT2D eigenvalue weighted by atomic mass is 9.45. The van der Waals surface area contributed by atoms with Gasteiger partial charge in [0.2, 0.25) is 0 Å². The Hall–Kier alpha value is -2.83. The van der Waals surface area contributed by atoms with Crippen LogP contribution in [0.1, 0.15) is 32.1 Å². The molecule has 0 atom stereocenters. The summed E-state index contributed by atoms with van der Waals surface area (Å²) < 4.78 is 3.72. The quantitative estimate of drug-likeness (QED) is 0.686. The van der Waals surface area contributed by atoms with Gasteiger partial charge in [0.15, 0.2) is 0 Å². The summed E-state index contributed by atoms with van der Waals surface area (Å²) in [6.07, 6.45) is 11.6. The molecule has 0 bridgehead atoms. The lowest BCUT2D eigenvalue weighted by Gasteiger charge is -2.61. The van der Waals surface area contributed by atoms with Crippen LogP contribution in [0.25, 0.3) is 16.6 Å². The van der Waals surface area contributed by atoms with Crippen LogP contribution >= 0.6 is 11.6 Å². The summed E-state index contributed by atoms with van der Waals surface area (Å²) in [6.45, 7) is 0. The van der Waals surface area contributed by atoms with Gasteiger partial charge >= 0.3 is 0 Å². The molecule has 2 aliphatic rings. The minimum atomic E-state index is -0.261. The van der Waals surface area contributed by atoms with E-state index in [2.05, 4.69) is 22.3 Å². The number of nitrogens with zero attached hydrogens (tertiary/aromatic N) is 6. The number of aromatic nitrogens is 4. The summed E-state index contributed by atoms with van der Waals surface area (Å²) in [5.74, 6) is 0.180. The zero-order chi connectivity index (χ0) is 18.6. The molecule has 2 saturated carbocycles. The highest BCUT2D eigenvalue weighted by molar-refractivity contribution is 6.30. The fourth-order valence-electron chi connectivity index (χ4n) is 5.17.